The van der Waals surface area contributed by atoms with Crippen LogP contribution in [0, 0.1) is 5.82 Å². The Kier molecular flexibility index (Phi) is 4.29. The molecule has 112 valence electrons. The van der Waals surface area contributed by atoms with Gasteiger partial charge in [-0.2, -0.15) is 0 Å². The molecule has 0 aliphatic carbocycles. The Morgan fingerprint density at radius 1 is 1.38 bits per heavy atom. The summed E-state index contributed by atoms with van der Waals surface area (Å²) in [6.07, 6.45) is 7.10. The lowest BCUT2D eigenvalue weighted by molar-refractivity contribution is 0.102. The van der Waals surface area contributed by atoms with E-state index in [0.29, 0.717) is 18.2 Å². The number of fused-ring (bicyclic) bond motifs is 1. The van der Waals surface area contributed by atoms with E-state index in [1.165, 1.54) is 17.0 Å². The van der Waals surface area contributed by atoms with Crippen LogP contribution in [0.2, 0.25) is 0 Å². The van der Waals surface area contributed by atoms with Crippen molar-refractivity contribution in [3.8, 4) is 0 Å². The van der Waals surface area contributed by atoms with Gasteiger partial charge in [0.25, 0.3) is 5.56 Å². The average Bonchev–Trinajstić information content (AvgIpc) is 2.99. The number of aryl methyl sites for hydroxylation is 1. The Balaban J connectivity index is 1.65. The molecule has 0 saturated carbocycles. The van der Waals surface area contributed by atoms with E-state index in [1.807, 2.05) is 0 Å². The zero-order valence-electron chi connectivity index (χ0n) is 11.9. The highest BCUT2D eigenvalue weighted by Gasteiger charge is 2.14. The van der Waals surface area contributed by atoms with Crippen LogP contribution in [-0.2, 0) is 11.3 Å². The maximum absolute atomic E-state index is 13.7. The summed E-state index contributed by atoms with van der Waals surface area (Å²) in [5.41, 5.74) is 0.117. The summed E-state index contributed by atoms with van der Waals surface area (Å²) in [7, 11) is 0. The maximum atomic E-state index is 13.7. The highest BCUT2D eigenvalue weighted by atomic mass is 19.1. The molecule has 0 spiro atoms. The van der Waals surface area contributed by atoms with E-state index in [0.717, 1.165) is 38.7 Å². The predicted molar refractivity (Wildman–Crippen MR) is 78.8 cm³/mol. The first kappa shape index (κ1) is 14.2. The second-order valence-corrected chi connectivity index (χ2v) is 5.51. The molecule has 1 aliphatic rings. The van der Waals surface area contributed by atoms with Crippen molar-refractivity contribution in [2.45, 2.75) is 44.8 Å². The fourth-order valence-electron chi connectivity index (χ4n) is 2.85. The number of hydrogen-bond donors (Lipinski definition) is 0. The standard InChI is InChI=1S/C16H19FN2O2/c17-13-7-3-8-14-15(13)16(20)19(11-18-14)9-2-1-5-12-6-4-10-21-12/h3,7-8,11-12H,1-2,4-6,9-10H2/t12-/m1/s1. The van der Waals surface area contributed by atoms with E-state index in [1.54, 1.807) is 12.1 Å². The van der Waals surface area contributed by atoms with Gasteiger partial charge in [-0.05, 0) is 44.2 Å². The van der Waals surface area contributed by atoms with Gasteiger partial charge in [0.2, 0.25) is 0 Å². The van der Waals surface area contributed by atoms with Gasteiger partial charge in [-0.25, -0.2) is 9.37 Å². The molecule has 1 atom stereocenters. The minimum Gasteiger partial charge on any atom is -0.378 e. The lowest BCUT2D eigenvalue weighted by Crippen LogP contribution is -2.21. The third kappa shape index (κ3) is 3.13. The van der Waals surface area contributed by atoms with Gasteiger partial charge in [-0.1, -0.05) is 6.07 Å². The summed E-state index contributed by atoms with van der Waals surface area (Å²) >= 11 is 0. The lowest BCUT2D eigenvalue weighted by Gasteiger charge is -2.10. The van der Waals surface area contributed by atoms with E-state index < -0.39 is 5.82 Å². The molecule has 2 heterocycles. The minimum absolute atomic E-state index is 0.0825. The number of benzene rings is 1. The summed E-state index contributed by atoms with van der Waals surface area (Å²) < 4.78 is 20.8. The molecule has 0 unspecified atom stereocenters. The van der Waals surface area contributed by atoms with E-state index in [-0.39, 0.29) is 10.9 Å². The number of ether oxygens (including phenoxy) is 1. The first-order valence-corrected chi connectivity index (χ1v) is 7.51. The number of rotatable bonds is 5. The number of hydrogen-bond acceptors (Lipinski definition) is 3. The molecule has 3 rings (SSSR count). The number of aromatic nitrogens is 2. The molecule has 1 aromatic carbocycles. The van der Waals surface area contributed by atoms with Crippen LogP contribution in [0.1, 0.15) is 32.1 Å². The maximum Gasteiger partial charge on any atom is 0.264 e. The van der Waals surface area contributed by atoms with Crippen LogP contribution < -0.4 is 5.56 Å². The largest absolute Gasteiger partial charge is 0.378 e. The molecule has 0 amide bonds. The average molecular weight is 290 g/mol. The van der Waals surface area contributed by atoms with Gasteiger partial charge in [0.1, 0.15) is 11.2 Å². The minimum atomic E-state index is -0.501. The van der Waals surface area contributed by atoms with E-state index >= 15 is 0 Å². The molecule has 4 nitrogen and oxygen atoms in total. The van der Waals surface area contributed by atoms with Crippen molar-refractivity contribution in [3.63, 3.8) is 0 Å². The number of halogens is 1. The Morgan fingerprint density at radius 2 is 2.29 bits per heavy atom. The van der Waals surface area contributed by atoms with E-state index in [4.69, 9.17) is 4.74 Å². The van der Waals surface area contributed by atoms with Crippen molar-refractivity contribution < 1.29 is 9.13 Å². The number of nitrogens with zero attached hydrogens (tertiary/aromatic N) is 2. The van der Waals surface area contributed by atoms with Gasteiger partial charge >= 0.3 is 0 Å². The van der Waals surface area contributed by atoms with Crippen molar-refractivity contribution in [2.24, 2.45) is 0 Å². The second-order valence-electron chi connectivity index (χ2n) is 5.51. The molecule has 1 aromatic heterocycles. The summed E-state index contributed by atoms with van der Waals surface area (Å²) in [4.78, 5) is 16.4. The van der Waals surface area contributed by atoms with Crippen molar-refractivity contribution in [1.29, 1.82) is 0 Å². The molecule has 5 heteroatoms. The fourth-order valence-corrected chi connectivity index (χ4v) is 2.85. The molecule has 2 aromatic rings. The van der Waals surface area contributed by atoms with E-state index in [2.05, 4.69) is 4.98 Å². The zero-order valence-corrected chi connectivity index (χ0v) is 11.9. The summed E-state index contributed by atoms with van der Waals surface area (Å²) in [6.45, 7) is 1.45. The Morgan fingerprint density at radius 3 is 3.10 bits per heavy atom. The molecule has 0 radical (unpaired) electrons. The third-order valence-electron chi connectivity index (χ3n) is 4.00. The fraction of sp³-hybridized carbons (Fsp3) is 0.500. The van der Waals surface area contributed by atoms with Crippen LogP contribution in [0.3, 0.4) is 0 Å². The SMILES string of the molecule is O=c1c2c(F)cccc2ncn1CCCC[C@@H]1CCCO1. The van der Waals surface area contributed by atoms with Gasteiger partial charge in [0, 0.05) is 13.2 Å². The van der Waals surface area contributed by atoms with Crippen molar-refractivity contribution >= 4 is 10.9 Å². The van der Waals surface area contributed by atoms with Gasteiger partial charge in [0.05, 0.1) is 17.9 Å². The number of unbranched alkanes of at least 4 members (excludes halogenated alkanes) is 1. The van der Waals surface area contributed by atoms with Gasteiger partial charge in [-0.15, -0.1) is 0 Å². The summed E-state index contributed by atoms with van der Waals surface area (Å²) in [6, 6.07) is 4.52. The third-order valence-corrected chi connectivity index (χ3v) is 4.00. The summed E-state index contributed by atoms with van der Waals surface area (Å²) in [5.74, 6) is -0.501. The second kappa shape index (κ2) is 6.35. The molecule has 1 saturated heterocycles. The topological polar surface area (TPSA) is 44.1 Å². The first-order chi connectivity index (χ1) is 10.3. The van der Waals surface area contributed by atoms with Crippen LogP contribution in [0.4, 0.5) is 4.39 Å². The van der Waals surface area contributed by atoms with Gasteiger partial charge in [-0.3, -0.25) is 9.36 Å². The van der Waals surface area contributed by atoms with Gasteiger partial charge < -0.3 is 4.74 Å². The van der Waals surface area contributed by atoms with Crippen LogP contribution in [0.5, 0.6) is 0 Å². The highest BCUT2D eigenvalue weighted by molar-refractivity contribution is 5.77. The van der Waals surface area contributed by atoms with Crippen molar-refractivity contribution in [2.75, 3.05) is 6.61 Å². The van der Waals surface area contributed by atoms with Crippen LogP contribution in [0.25, 0.3) is 10.9 Å². The molecule has 0 bridgehead atoms. The Labute approximate surface area is 122 Å². The smallest absolute Gasteiger partial charge is 0.264 e. The molecule has 1 aliphatic heterocycles. The first-order valence-electron chi connectivity index (χ1n) is 7.51. The van der Waals surface area contributed by atoms with Crippen molar-refractivity contribution in [1.82, 2.24) is 9.55 Å². The normalized spacial score (nSPS) is 18.4. The van der Waals surface area contributed by atoms with E-state index in [9.17, 15) is 9.18 Å². The monoisotopic (exact) mass is 290 g/mol. The molecule has 21 heavy (non-hydrogen) atoms. The lowest BCUT2D eigenvalue weighted by atomic mass is 10.1. The van der Waals surface area contributed by atoms with Crippen LogP contribution in [0.15, 0.2) is 29.3 Å². The molecular formula is C16H19FN2O2. The molecule has 1 fully saturated rings. The quantitative estimate of drug-likeness (QED) is 0.795. The van der Waals surface area contributed by atoms with Crippen LogP contribution >= 0.6 is 0 Å². The zero-order chi connectivity index (χ0) is 14.7. The molecular weight excluding hydrogens is 271 g/mol. The highest BCUT2D eigenvalue weighted by Crippen LogP contribution is 2.18. The predicted octanol–water partition coefficient (Wildman–Crippen LogP) is 2.88. The van der Waals surface area contributed by atoms with Crippen LogP contribution in [-0.4, -0.2) is 22.3 Å². The van der Waals surface area contributed by atoms with Crippen molar-refractivity contribution in [3.05, 3.63) is 40.7 Å². The Hall–Kier alpha value is -1.75. The Bertz CT molecular complexity index is 678. The molecule has 0 N–H and O–H groups in total. The summed E-state index contributed by atoms with van der Waals surface area (Å²) in [5, 5.41) is 0.0825. The van der Waals surface area contributed by atoms with Gasteiger partial charge in [0.15, 0.2) is 0 Å².